The van der Waals surface area contributed by atoms with Crippen LogP contribution in [0.1, 0.15) is 12.0 Å². The standard InChI is InChI=1S/C13H21N3O3S/c1-16(11-13(17)5-8-15-10-13)20(18,19)9-4-12-2-6-14-7-3-12/h2-3,6-7,15,17H,4-5,8-11H2,1H3. The van der Waals surface area contributed by atoms with E-state index in [2.05, 4.69) is 10.3 Å². The highest BCUT2D eigenvalue weighted by Crippen LogP contribution is 2.17. The summed E-state index contributed by atoms with van der Waals surface area (Å²) in [5.74, 6) is 0.0387. The van der Waals surface area contributed by atoms with Gasteiger partial charge < -0.3 is 10.4 Å². The summed E-state index contributed by atoms with van der Waals surface area (Å²) < 4.78 is 25.7. The van der Waals surface area contributed by atoms with Crippen LogP contribution in [0.5, 0.6) is 0 Å². The number of β-amino-alcohol motifs (C(OH)–C–C–N with tert-alkyl or cyclic N) is 1. The van der Waals surface area contributed by atoms with Crippen LogP contribution in [-0.4, -0.2) is 60.8 Å². The van der Waals surface area contributed by atoms with Crippen molar-refractivity contribution in [3.63, 3.8) is 0 Å². The molecule has 1 fully saturated rings. The second-order valence-electron chi connectivity index (χ2n) is 5.33. The van der Waals surface area contributed by atoms with E-state index in [4.69, 9.17) is 0 Å². The van der Waals surface area contributed by atoms with E-state index in [-0.39, 0.29) is 12.3 Å². The average Bonchev–Trinajstić information content (AvgIpc) is 2.84. The number of aromatic nitrogens is 1. The number of aliphatic hydroxyl groups is 1. The smallest absolute Gasteiger partial charge is 0.214 e. The largest absolute Gasteiger partial charge is 0.387 e. The van der Waals surface area contributed by atoms with Crippen molar-refractivity contribution in [1.82, 2.24) is 14.6 Å². The lowest BCUT2D eigenvalue weighted by Crippen LogP contribution is -2.46. The average molecular weight is 299 g/mol. The van der Waals surface area contributed by atoms with Gasteiger partial charge in [-0.15, -0.1) is 0 Å². The van der Waals surface area contributed by atoms with Crippen molar-refractivity contribution in [3.8, 4) is 0 Å². The van der Waals surface area contributed by atoms with Crippen LogP contribution in [0.3, 0.4) is 0 Å². The van der Waals surface area contributed by atoms with Crippen LogP contribution in [0, 0.1) is 0 Å². The molecule has 1 atom stereocenters. The Kier molecular flexibility index (Phi) is 4.74. The molecule has 0 saturated carbocycles. The van der Waals surface area contributed by atoms with Gasteiger partial charge in [0, 0.05) is 32.5 Å². The Labute approximate surface area is 119 Å². The second-order valence-corrected chi connectivity index (χ2v) is 7.52. The van der Waals surface area contributed by atoms with E-state index in [1.807, 2.05) is 12.1 Å². The Bertz CT molecular complexity index is 527. The first kappa shape index (κ1) is 15.4. The predicted molar refractivity (Wildman–Crippen MR) is 76.8 cm³/mol. The molecule has 2 rings (SSSR count). The van der Waals surface area contributed by atoms with Gasteiger partial charge in [-0.3, -0.25) is 4.98 Å². The molecule has 20 heavy (non-hydrogen) atoms. The van der Waals surface area contributed by atoms with Crippen molar-refractivity contribution in [2.24, 2.45) is 0 Å². The highest BCUT2D eigenvalue weighted by molar-refractivity contribution is 7.89. The lowest BCUT2D eigenvalue weighted by Gasteiger charge is -2.27. The van der Waals surface area contributed by atoms with Crippen molar-refractivity contribution < 1.29 is 13.5 Å². The van der Waals surface area contributed by atoms with Gasteiger partial charge in [0.05, 0.1) is 11.4 Å². The minimum absolute atomic E-state index is 0.0387. The molecule has 0 bridgehead atoms. The van der Waals surface area contributed by atoms with Gasteiger partial charge in [-0.2, -0.15) is 0 Å². The fraction of sp³-hybridized carbons (Fsp3) is 0.615. The van der Waals surface area contributed by atoms with Gasteiger partial charge in [-0.1, -0.05) is 0 Å². The molecule has 7 heteroatoms. The van der Waals surface area contributed by atoms with E-state index in [0.29, 0.717) is 19.4 Å². The van der Waals surface area contributed by atoms with Gasteiger partial charge in [0.25, 0.3) is 0 Å². The molecule has 112 valence electrons. The van der Waals surface area contributed by atoms with Crippen LogP contribution in [0.2, 0.25) is 0 Å². The number of hydrogen-bond donors (Lipinski definition) is 2. The molecule has 1 saturated heterocycles. The predicted octanol–water partition coefficient (Wildman–Crippen LogP) is -0.390. The Morgan fingerprint density at radius 2 is 2.15 bits per heavy atom. The molecule has 2 N–H and O–H groups in total. The van der Waals surface area contributed by atoms with Crippen LogP contribution in [0.25, 0.3) is 0 Å². The molecule has 1 aliphatic rings. The van der Waals surface area contributed by atoms with Gasteiger partial charge in [0.15, 0.2) is 0 Å². The number of nitrogens with one attached hydrogen (secondary N) is 1. The third-order valence-corrected chi connectivity index (χ3v) is 5.41. The summed E-state index contributed by atoms with van der Waals surface area (Å²) in [6, 6.07) is 3.62. The van der Waals surface area contributed by atoms with Crippen LogP contribution in [-0.2, 0) is 16.4 Å². The van der Waals surface area contributed by atoms with Gasteiger partial charge in [-0.05, 0) is 37.1 Å². The summed E-state index contributed by atoms with van der Waals surface area (Å²) in [7, 11) is -1.83. The van der Waals surface area contributed by atoms with Gasteiger partial charge in [0.2, 0.25) is 10.0 Å². The number of aryl methyl sites for hydroxylation is 1. The molecule has 1 aromatic heterocycles. The molecular weight excluding hydrogens is 278 g/mol. The Morgan fingerprint density at radius 1 is 1.45 bits per heavy atom. The van der Waals surface area contributed by atoms with Gasteiger partial charge in [-0.25, -0.2) is 12.7 Å². The molecule has 0 aliphatic carbocycles. The molecule has 0 aromatic carbocycles. The lowest BCUT2D eigenvalue weighted by atomic mass is 10.0. The van der Waals surface area contributed by atoms with Crippen molar-refractivity contribution in [2.45, 2.75) is 18.4 Å². The van der Waals surface area contributed by atoms with Gasteiger partial charge >= 0.3 is 0 Å². The molecule has 0 spiro atoms. The number of hydrogen-bond acceptors (Lipinski definition) is 5. The molecule has 0 radical (unpaired) electrons. The third kappa shape index (κ3) is 3.99. The molecular formula is C13H21N3O3S. The first-order valence-corrected chi connectivity index (χ1v) is 8.28. The van der Waals surface area contributed by atoms with E-state index in [1.165, 1.54) is 11.4 Å². The van der Waals surface area contributed by atoms with Crippen molar-refractivity contribution in [2.75, 3.05) is 32.4 Å². The number of pyridine rings is 1. The lowest BCUT2D eigenvalue weighted by molar-refractivity contribution is 0.0462. The summed E-state index contributed by atoms with van der Waals surface area (Å²) in [6.45, 7) is 1.30. The van der Waals surface area contributed by atoms with Crippen LogP contribution >= 0.6 is 0 Å². The summed E-state index contributed by atoms with van der Waals surface area (Å²) in [6.07, 6.45) is 4.33. The van der Waals surface area contributed by atoms with E-state index >= 15 is 0 Å². The zero-order valence-corrected chi connectivity index (χ0v) is 12.4. The van der Waals surface area contributed by atoms with E-state index < -0.39 is 15.6 Å². The molecule has 0 amide bonds. The maximum Gasteiger partial charge on any atom is 0.214 e. The number of nitrogens with zero attached hydrogens (tertiary/aromatic N) is 2. The zero-order valence-electron chi connectivity index (χ0n) is 11.6. The molecule has 6 nitrogen and oxygen atoms in total. The zero-order chi connectivity index (χ0) is 14.6. The maximum atomic E-state index is 12.2. The second kappa shape index (κ2) is 6.17. The van der Waals surface area contributed by atoms with Crippen LogP contribution in [0.4, 0.5) is 0 Å². The SMILES string of the molecule is CN(CC1(O)CCNC1)S(=O)(=O)CCc1ccncc1. The molecule has 1 aromatic rings. The maximum absolute atomic E-state index is 12.2. The Balaban J connectivity index is 1.92. The summed E-state index contributed by atoms with van der Waals surface area (Å²) in [5, 5.41) is 13.3. The fourth-order valence-electron chi connectivity index (χ4n) is 2.33. The fourth-order valence-corrected chi connectivity index (χ4v) is 3.57. The quantitative estimate of drug-likeness (QED) is 0.747. The summed E-state index contributed by atoms with van der Waals surface area (Å²) in [4.78, 5) is 3.90. The van der Waals surface area contributed by atoms with Crippen molar-refractivity contribution in [1.29, 1.82) is 0 Å². The highest BCUT2D eigenvalue weighted by atomic mass is 32.2. The van der Waals surface area contributed by atoms with Crippen LogP contribution in [0.15, 0.2) is 24.5 Å². The van der Waals surface area contributed by atoms with Crippen LogP contribution < -0.4 is 5.32 Å². The number of rotatable bonds is 6. The van der Waals surface area contributed by atoms with E-state index in [0.717, 1.165) is 12.1 Å². The first-order chi connectivity index (χ1) is 9.41. The first-order valence-electron chi connectivity index (χ1n) is 6.67. The molecule has 1 unspecified atom stereocenters. The molecule has 1 aliphatic heterocycles. The summed E-state index contributed by atoms with van der Waals surface area (Å²) >= 11 is 0. The van der Waals surface area contributed by atoms with Gasteiger partial charge in [0.1, 0.15) is 0 Å². The minimum atomic E-state index is -3.36. The number of likely N-dealkylation sites (N-methyl/N-ethyl adjacent to an activating group) is 1. The Hall–Kier alpha value is -1.02. The number of sulfonamides is 1. The Morgan fingerprint density at radius 3 is 2.75 bits per heavy atom. The van der Waals surface area contributed by atoms with Crippen molar-refractivity contribution in [3.05, 3.63) is 30.1 Å². The van der Waals surface area contributed by atoms with E-state index in [9.17, 15) is 13.5 Å². The third-order valence-electron chi connectivity index (χ3n) is 3.61. The van der Waals surface area contributed by atoms with E-state index in [1.54, 1.807) is 12.4 Å². The molecule has 2 heterocycles. The topological polar surface area (TPSA) is 82.5 Å². The van der Waals surface area contributed by atoms with Crippen molar-refractivity contribution >= 4 is 10.0 Å². The monoisotopic (exact) mass is 299 g/mol. The highest BCUT2D eigenvalue weighted by Gasteiger charge is 2.35. The summed E-state index contributed by atoms with van der Waals surface area (Å²) in [5.41, 5.74) is -0.00315. The normalized spacial score (nSPS) is 23.4. The minimum Gasteiger partial charge on any atom is -0.387 e.